The van der Waals surface area contributed by atoms with Crippen molar-refractivity contribution in [3.8, 4) is 0 Å². The van der Waals surface area contributed by atoms with E-state index < -0.39 is 9.05 Å². The van der Waals surface area contributed by atoms with Crippen LogP contribution in [0, 0.1) is 0 Å². The zero-order valence-corrected chi connectivity index (χ0v) is 14.3. The maximum absolute atomic E-state index is 8.25. The minimum atomic E-state index is -2.69. The van der Waals surface area contributed by atoms with Gasteiger partial charge in [0.25, 0.3) is 0 Å². The van der Waals surface area contributed by atoms with Crippen LogP contribution in [0.25, 0.3) is 0 Å². The van der Waals surface area contributed by atoms with Crippen LogP contribution < -0.4 is 20.4 Å². The molecular weight excluding hydrogens is 280 g/mol. The fraction of sp³-hybridized carbons (Fsp3) is 1.00. The van der Waals surface area contributed by atoms with Crippen molar-refractivity contribution in [2.75, 3.05) is 56.9 Å². The molecule has 18 heavy (non-hydrogen) atoms. The third-order valence-corrected chi connectivity index (χ3v) is 3.00. The van der Waals surface area contributed by atoms with Gasteiger partial charge in [-0.3, -0.25) is 0 Å². The Bertz CT molecular complexity index is 68.0. The zero-order chi connectivity index (χ0) is 15.3. The monoisotopic (exact) mass is 304 g/mol. The molecule has 0 bridgehead atoms. The van der Waals surface area contributed by atoms with Gasteiger partial charge in [-0.1, -0.05) is 0 Å². The molecule has 0 atom stereocenters. The first-order chi connectivity index (χ1) is 8.24. The molecule has 0 aliphatic carbocycles. The minimum Gasteiger partial charge on any atom is -0.857 e. The van der Waals surface area contributed by atoms with E-state index in [2.05, 4.69) is 0 Å². The van der Waals surface area contributed by atoms with Crippen LogP contribution in [0.2, 0.25) is 0 Å². The van der Waals surface area contributed by atoms with Gasteiger partial charge in [0.1, 0.15) is 0 Å². The summed E-state index contributed by atoms with van der Waals surface area (Å²) in [5.41, 5.74) is 0. The van der Waals surface area contributed by atoms with E-state index in [1.807, 2.05) is 0 Å². The van der Waals surface area contributed by atoms with Crippen molar-refractivity contribution in [1.82, 2.24) is 0 Å². The second-order valence-corrected chi connectivity index (χ2v) is 3.95. The first-order valence-electron chi connectivity index (χ1n) is 4.08. The summed E-state index contributed by atoms with van der Waals surface area (Å²) in [4.78, 5) is 0. The van der Waals surface area contributed by atoms with Gasteiger partial charge in [-0.15, -0.1) is 0 Å². The van der Waals surface area contributed by atoms with Crippen molar-refractivity contribution in [1.29, 1.82) is 0 Å². The number of hydrogen-bond donors (Lipinski definition) is 0. The molecule has 0 amide bonds. The van der Waals surface area contributed by atoms with Crippen LogP contribution in [-0.2, 0) is 17.7 Å². The Morgan fingerprint density at radius 1 is 0.500 bits per heavy atom. The molecule has 0 unspecified atom stereocenters. The van der Waals surface area contributed by atoms with Crippen LogP contribution in [0.4, 0.5) is 0 Å². The van der Waals surface area contributed by atoms with Crippen molar-refractivity contribution in [2.45, 2.75) is 0 Å². The van der Waals surface area contributed by atoms with E-state index in [-0.39, 0.29) is 11.0 Å². The molecule has 10 heteroatoms. The van der Waals surface area contributed by atoms with Crippen LogP contribution in [0.1, 0.15) is 0 Å². The minimum absolute atomic E-state index is 0. The van der Waals surface area contributed by atoms with E-state index in [9.17, 15) is 0 Å². The third kappa shape index (κ3) is 25.1. The quantitative estimate of drug-likeness (QED) is 0.475. The summed E-state index contributed by atoms with van der Waals surface area (Å²) in [5, 5.41) is 33.0. The maximum Gasteiger partial charge on any atom is 4.00 e. The molecule has 0 aromatic rings. The van der Waals surface area contributed by atoms with Crippen LogP contribution >= 0.6 is 0 Å². The summed E-state index contributed by atoms with van der Waals surface area (Å²) >= 11 is 0. The second-order valence-electron chi connectivity index (χ2n) is 1.32. The Labute approximate surface area is 116 Å². The second kappa shape index (κ2) is 43.4. The predicted molar refractivity (Wildman–Crippen MR) is 63.2 cm³/mol. The molecule has 0 fully saturated rings. The van der Waals surface area contributed by atoms with Crippen LogP contribution in [0.15, 0.2) is 0 Å². The smallest absolute Gasteiger partial charge is 0.857 e. The van der Waals surface area contributed by atoms with Gasteiger partial charge in [-0.2, -0.15) is 28.4 Å². The van der Waals surface area contributed by atoms with Crippen LogP contribution in [0.5, 0.6) is 0 Å². The SMILES string of the molecule is CO[Si](OC)(OC)OC.C[O-].C[O-].C[O-].C[O-].[Si+4]. The van der Waals surface area contributed by atoms with Gasteiger partial charge in [-0.25, -0.2) is 0 Å². The standard InChI is InChI=1S/C4H12O4Si.4CH3O.Si/c1-5-9(6-2,7-3)8-4;4*1-2;/h1-4H3;4*1H3;/q;4*-1;+4. The molecule has 0 N–H and O–H groups in total. The normalized spacial score (nSPS) is 7.33. The van der Waals surface area contributed by atoms with E-state index in [0.717, 1.165) is 28.4 Å². The molecule has 0 spiro atoms. The predicted octanol–water partition coefficient (Wildman–Crippen LogP) is -4.47. The van der Waals surface area contributed by atoms with Gasteiger partial charge >= 0.3 is 20.0 Å². The Morgan fingerprint density at radius 3 is 0.611 bits per heavy atom. The molecule has 0 heterocycles. The topological polar surface area (TPSA) is 129 Å². The van der Waals surface area contributed by atoms with Crippen molar-refractivity contribution in [2.24, 2.45) is 0 Å². The van der Waals surface area contributed by atoms with Gasteiger partial charge in [0.2, 0.25) is 0 Å². The fourth-order valence-corrected chi connectivity index (χ4v) is 1.50. The number of rotatable bonds is 4. The van der Waals surface area contributed by atoms with Crippen molar-refractivity contribution in [3.05, 3.63) is 0 Å². The van der Waals surface area contributed by atoms with Crippen molar-refractivity contribution >= 4 is 20.0 Å². The van der Waals surface area contributed by atoms with E-state index in [1.165, 1.54) is 28.4 Å². The first kappa shape index (κ1) is 36.2. The summed E-state index contributed by atoms with van der Waals surface area (Å²) in [6.45, 7) is 0. The van der Waals surface area contributed by atoms with E-state index in [4.69, 9.17) is 38.1 Å². The third-order valence-electron chi connectivity index (χ3n) is 1.00. The van der Waals surface area contributed by atoms with Crippen molar-refractivity contribution in [3.63, 3.8) is 0 Å². The molecule has 0 aromatic heterocycles. The summed E-state index contributed by atoms with van der Waals surface area (Å²) in [5.74, 6) is 0. The van der Waals surface area contributed by atoms with Crippen LogP contribution in [0.3, 0.4) is 0 Å². The largest absolute Gasteiger partial charge is 4.00 e. The average Bonchev–Trinajstić information content (AvgIpc) is 2.50. The molecule has 0 aliphatic heterocycles. The Morgan fingerprint density at radius 2 is 0.611 bits per heavy atom. The van der Waals surface area contributed by atoms with Gasteiger partial charge < -0.3 is 38.1 Å². The summed E-state index contributed by atoms with van der Waals surface area (Å²) in [6, 6.07) is 0. The fourth-order valence-electron chi connectivity index (χ4n) is 0.500. The molecule has 112 valence electrons. The molecule has 0 saturated heterocycles. The molecule has 0 aliphatic rings. The summed E-state index contributed by atoms with van der Waals surface area (Å²) in [7, 11) is 6.26. The van der Waals surface area contributed by atoms with Crippen molar-refractivity contribution < 1.29 is 38.1 Å². The molecule has 0 saturated carbocycles. The average molecular weight is 304 g/mol. The number of hydrogen-bond acceptors (Lipinski definition) is 8. The molecule has 8 nitrogen and oxygen atoms in total. The van der Waals surface area contributed by atoms with Gasteiger partial charge in [0.05, 0.1) is 0 Å². The molecule has 0 aromatic carbocycles. The van der Waals surface area contributed by atoms with Gasteiger partial charge in [-0.05, 0) is 0 Å². The van der Waals surface area contributed by atoms with Crippen LogP contribution in [-0.4, -0.2) is 76.9 Å². The Kier molecular flexibility index (Phi) is 87.3. The zero-order valence-electron chi connectivity index (χ0n) is 12.3. The van der Waals surface area contributed by atoms with E-state index in [0.29, 0.717) is 0 Å². The molecule has 0 rings (SSSR count). The summed E-state index contributed by atoms with van der Waals surface area (Å²) < 4.78 is 19.4. The van der Waals surface area contributed by atoms with E-state index >= 15 is 0 Å². The first-order valence-corrected chi connectivity index (χ1v) is 5.72. The molecule has 0 radical (unpaired) electrons. The molecular formula is C8H24O8Si2. The van der Waals surface area contributed by atoms with E-state index in [1.54, 1.807) is 0 Å². The van der Waals surface area contributed by atoms with Gasteiger partial charge in [0.15, 0.2) is 0 Å². The Hall–Kier alpha value is 0.114. The maximum atomic E-state index is 8.25. The van der Waals surface area contributed by atoms with Gasteiger partial charge in [0, 0.05) is 28.4 Å². The Balaban J connectivity index is -0.0000000342. The summed E-state index contributed by atoms with van der Waals surface area (Å²) in [6.07, 6.45) is 0.